The molecule has 7 nitrogen and oxygen atoms in total. The Bertz CT molecular complexity index is 2280. The number of nitrogens with one attached hydrogen (secondary N) is 1. The molecule has 0 spiro atoms. The topological polar surface area (TPSA) is 83.2 Å². The van der Waals surface area contributed by atoms with Gasteiger partial charge < -0.3 is 19.5 Å². The first kappa shape index (κ1) is 32.7. The zero-order valence-corrected chi connectivity index (χ0v) is 30.1. The number of amides is 1. The summed E-state index contributed by atoms with van der Waals surface area (Å²) >= 11 is 13.1. The molecule has 5 fully saturated rings. The zero-order valence-electron chi connectivity index (χ0n) is 28.6. The number of nitriles is 1. The fourth-order valence-corrected chi connectivity index (χ4v) is 9.33. The van der Waals surface area contributed by atoms with Gasteiger partial charge >= 0.3 is 0 Å². The summed E-state index contributed by atoms with van der Waals surface area (Å²) in [7, 11) is 0. The molecular formula is C41H38Cl2FN5O2. The van der Waals surface area contributed by atoms with Gasteiger partial charge in [-0.25, -0.2) is 9.37 Å². The Kier molecular flexibility index (Phi) is 8.03. The first-order chi connectivity index (χ1) is 24.7. The molecule has 2 saturated carbocycles. The fraction of sp³-hybridized carbons (Fsp3) is 0.390. The summed E-state index contributed by atoms with van der Waals surface area (Å²) in [6.07, 6.45) is 3.96. The molecule has 3 saturated heterocycles. The Morgan fingerprint density at radius 1 is 1.10 bits per heavy atom. The summed E-state index contributed by atoms with van der Waals surface area (Å²) in [5, 5.41) is 15.6. The van der Waals surface area contributed by atoms with Crippen LogP contribution >= 0.6 is 23.2 Å². The average Bonchev–Trinajstić information content (AvgIpc) is 3.40. The van der Waals surface area contributed by atoms with Crippen molar-refractivity contribution in [3.63, 3.8) is 0 Å². The normalized spacial score (nSPS) is 23.9. The Hall–Kier alpha value is -4.16. The van der Waals surface area contributed by atoms with Crippen molar-refractivity contribution in [2.75, 3.05) is 13.1 Å². The number of rotatable bonds is 8. The Morgan fingerprint density at radius 3 is 2.65 bits per heavy atom. The van der Waals surface area contributed by atoms with Gasteiger partial charge in [-0.3, -0.25) is 4.79 Å². The van der Waals surface area contributed by atoms with Crippen LogP contribution in [0.25, 0.3) is 32.9 Å². The summed E-state index contributed by atoms with van der Waals surface area (Å²) in [6, 6.07) is 19.9. The Labute approximate surface area is 306 Å². The van der Waals surface area contributed by atoms with Gasteiger partial charge in [0.25, 0.3) is 0 Å². The van der Waals surface area contributed by atoms with Crippen molar-refractivity contribution in [2.24, 2.45) is 11.8 Å². The van der Waals surface area contributed by atoms with Crippen LogP contribution in [-0.2, 0) is 11.2 Å². The average molecular weight is 723 g/mol. The van der Waals surface area contributed by atoms with E-state index in [-0.39, 0.29) is 53.0 Å². The van der Waals surface area contributed by atoms with Gasteiger partial charge in [-0.2, -0.15) is 5.26 Å². The van der Waals surface area contributed by atoms with Crippen LogP contribution in [-0.4, -0.2) is 45.6 Å². The van der Waals surface area contributed by atoms with E-state index in [0.29, 0.717) is 52.4 Å². The highest BCUT2D eigenvalue weighted by Gasteiger charge is 2.51. The van der Waals surface area contributed by atoms with Crippen molar-refractivity contribution < 1.29 is 13.9 Å². The number of fused-ring (bicyclic) bond motifs is 4. The van der Waals surface area contributed by atoms with Crippen molar-refractivity contribution >= 4 is 50.9 Å². The standard InChI is InChI=1S/C41H38Cl2FN5O2/c1-21-7-3-4-11-34(21)51-26-17-32(48(20-26)41(50)23-12-13-23)33-18-28-22(2)47-38-29(40(28)49(33)39-25-16-31(39)46-19-25)15-24(8-6-14-45)35(37(38)44)27-9-5-10-30(42)36(27)43/h3-5,7,9-11,15,18,23,25-26,31-32,39,46H,6,8,12-13,16-17,19-20H2,1-2H3. The molecule has 10 rings (SSSR count). The minimum atomic E-state index is -0.475. The first-order valence-corrected chi connectivity index (χ1v) is 18.7. The predicted octanol–water partition coefficient (Wildman–Crippen LogP) is 9.04. The van der Waals surface area contributed by atoms with Crippen LogP contribution in [0, 0.1) is 42.8 Å². The van der Waals surface area contributed by atoms with Gasteiger partial charge in [-0.1, -0.05) is 53.5 Å². The first-order valence-electron chi connectivity index (χ1n) is 18.0. The van der Waals surface area contributed by atoms with Crippen LogP contribution in [0.1, 0.15) is 66.7 Å². The largest absolute Gasteiger partial charge is 0.488 e. The highest BCUT2D eigenvalue weighted by molar-refractivity contribution is 6.43. The lowest BCUT2D eigenvalue weighted by molar-refractivity contribution is -0.133. The van der Waals surface area contributed by atoms with E-state index in [0.717, 1.165) is 59.4 Å². The summed E-state index contributed by atoms with van der Waals surface area (Å²) in [4.78, 5) is 21.0. The fourth-order valence-electron chi connectivity index (χ4n) is 8.94. The van der Waals surface area contributed by atoms with Crippen molar-refractivity contribution in [3.05, 3.63) is 93.0 Å². The number of carbonyl (C=O) groups is 1. The molecule has 260 valence electrons. The molecule has 5 aliphatic rings. The maximum atomic E-state index is 17.2. The number of aryl methyl sites for hydroxylation is 3. The molecule has 5 heterocycles. The number of hydrogen-bond acceptors (Lipinski definition) is 5. The number of para-hydroxylation sites is 1. The van der Waals surface area contributed by atoms with Gasteiger partial charge in [-0.05, 0) is 80.8 Å². The molecule has 2 aliphatic carbocycles. The van der Waals surface area contributed by atoms with Crippen LogP contribution in [0.4, 0.5) is 4.39 Å². The maximum absolute atomic E-state index is 17.2. The molecule has 5 atom stereocenters. The molecule has 1 amide bonds. The third-order valence-corrected chi connectivity index (χ3v) is 12.5. The minimum Gasteiger partial charge on any atom is -0.488 e. The number of benzene rings is 3. The molecule has 0 radical (unpaired) electrons. The number of ether oxygens (including phenoxy) is 1. The maximum Gasteiger partial charge on any atom is 0.226 e. The van der Waals surface area contributed by atoms with Crippen molar-refractivity contribution in [3.8, 4) is 22.9 Å². The third-order valence-electron chi connectivity index (χ3n) is 11.6. The molecule has 10 heteroatoms. The molecular weight excluding hydrogens is 684 g/mol. The summed E-state index contributed by atoms with van der Waals surface area (Å²) in [5.41, 5.74) is 5.51. The Morgan fingerprint density at radius 2 is 1.92 bits per heavy atom. The quantitative estimate of drug-likeness (QED) is 0.173. The van der Waals surface area contributed by atoms with E-state index in [2.05, 4.69) is 26.9 Å². The van der Waals surface area contributed by atoms with Gasteiger partial charge in [-0.15, -0.1) is 0 Å². The number of halogens is 3. The lowest BCUT2D eigenvalue weighted by Crippen LogP contribution is -2.41. The second-order valence-corrected chi connectivity index (χ2v) is 15.6. The van der Waals surface area contributed by atoms with Crippen molar-refractivity contribution in [2.45, 2.75) is 76.6 Å². The van der Waals surface area contributed by atoms with Gasteiger partial charge in [0.05, 0.1) is 40.3 Å². The Balaban J connectivity index is 1.26. The lowest BCUT2D eigenvalue weighted by atomic mass is 9.79. The van der Waals surface area contributed by atoms with E-state index in [1.165, 1.54) is 0 Å². The zero-order chi connectivity index (χ0) is 35.1. The van der Waals surface area contributed by atoms with E-state index in [9.17, 15) is 10.1 Å². The highest BCUT2D eigenvalue weighted by atomic mass is 35.5. The van der Waals surface area contributed by atoms with E-state index in [1.807, 2.05) is 44.2 Å². The van der Waals surface area contributed by atoms with Crippen LogP contribution < -0.4 is 10.1 Å². The third kappa shape index (κ3) is 5.31. The molecule has 1 N–H and O–H groups in total. The highest BCUT2D eigenvalue weighted by Crippen LogP contribution is 2.51. The second kappa shape index (κ2) is 12.5. The van der Waals surface area contributed by atoms with Crippen LogP contribution in [0.3, 0.4) is 0 Å². The molecule has 2 bridgehead atoms. The molecule has 51 heavy (non-hydrogen) atoms. The van der Waals surface area contributed by atoms with E-state index < -0.39 is 5.82 Å². The number of aromatic nitrogens is 2. The van der Waals surface area contributed by atoms with E-state index >= 15 is 4.39 Å². The minimum absolute atomic E-state index is 0.0573. The SMILES string of the molecule is Cc1ccccc1OC1CC(c2cc3c(C)nc4c(F)c(-c5cccc(Cl)c5Cl)c(CCC#N)cc4c3n2C2C3CNC2C3)N(C(=O)C2CC2)C1. The van der Waals surface area contributed by atoms with E-state index in [1.54, 1.807) is 18.2 Å². The number of hydrogen-bond donors (Lipinski definition) is 1. The smallest absolute Gasteiger partial charge is 0.226 e. The monoisotopic (exact) mass is 721 g/mol. The van der Waals surface area contributed by atoms with Crippen LogP contribution in [0.5, 0.6) is 5.75 Å². The van der Waals surface area contributed by atoms with Crippen LogP contribution in [0.2, 0.25) is 10.0 Å². The summed E-state index contributed by atoms with van der Waals surface area (Å²) < 4.78 is 26.2. The molecule has 3 aliphatic heterocycles. The molecule has 5 aromatic rings. The number of likely N-dealkylation sites (tertiary alicyclic amines) is 1. The van der Waals surface area contributed by atoms with Gasteiger partial charge in [0, 0.05) is 64.6 Å². The van der Waals surface area contributed by atoms with Gasteiger partial charge in [0.1, 0.15) is 17.4 Å². The molecule has 3 aromatic carbocycles. The van der Waals surface area contributed by atoms with Crippen molar-refractivity contribution in [1.29, 1.82) is 5.26 Å². The number of pyridine rings is 1. The lowest BCUT2D eigenvalue weighted by Gasteiger charge is -2.39. The molecule has 5 unspecified atom stereocenters. The van der Waals surface area contributed by atoms with Crippen molar-refractivity contribution in [1.82, 2.24) is 19.8 Å². The van der Waals surface area contributed by atoms with Gasteiger partial charge in [0.2, 0.25) is 5.91 Å². The summed E-state index contributed by atoms with van der Waals surface area (Å²) in [5.74, 6) is 1.03. The van der Waals surface area contributed by atoms with E-state index in [4.69, 9.17) is 32.9 Å². The van der Waals surface area contributed by atoms with Crippen LogP contribution in [0.15, 0.2) is 54.6 Å². The number of carbonyl (C=O) groups excluding carboxylic acids is 1. The van der Waals surface area contributed by atoms with Gasteiger partial charge in [0.15, 0.2) is 5.82 Å². The summed E-state index contributed by atoms with van der Waals surface area (Å²) in [6.45, 7) is 5.41. The molecule has 2 aromatic heterocycles. The number of nitrogens with zero attached hydrogens (tertiary/aromatic N) is 4. The predicted molar refractivity (Wildman–Crippen MR) is 198 cm³/mol. The second-order valence-electron chi connectivity index (χ2n) is 14.8.